The van der Waals surface area contributed by atoms with E-state index >= 15 is 0 Å². The normalized spacial score (nSPS) is 19.4. The second-order valence-corrected chi connectivity index (χ2v) is 8.55. The van der Waals surface area contributed by atoms with E-state index in [1.807, 2.05) is 26.0 Å². The number of anilines is 1. The Hall–Kier alpha value is -2.90. The molecule has 1 N–H and O–H groups in total. The number of fused-ring (bicyclic) bond motifs is 1. The molecule has 0 spiro atoms. The Morgan fingerprint density at radius 1 is 1.20 bits per heavy atom. The van der Waals surface area contributed by atoms with E-state index in [2.05, 4.69) is 34.2 Å². The van der Waals surface area contributed by atoms with Crippen LogP contribution in [0.15, 0.2) is 21.1 Å². The highest BCUT2D eigenvalue weighted by Gasteiger charge is 2.27. The molecule has 8 nitrogen and oxygen atoms in total. The molecule has 30 heavy (non-hydrogen) atoms. The zero-order valence-corrected chi connectivity index (χ0v) is 18.1. The predicted octanol–water partition coefficient (Wildman–Crippen LogP) is 3.56. The Balaban J connectivity index is 1.48. The monoisotopic (exact) mass is 411 g/mol. The summed E-state index contributed by atoms with van der Waals surface area (Å²) < 4.78 is 10.9. The van der Waals surface area contributed by atoms with Gasteiger partial charge in [-0.2, -0.15) is 4.98 Å². The Morgan fingerprint density at radius 3 is 2.67 bits per heavy atom. The van der Waals surface area contributed by atoms with E-state index in [0.29, 0.717) is 42.8 Å². The number of aromatic nitrogens is 3. The number of aryl methyl sites for hydroxylation is 3. The average molecular weight is 412 g/mol. The van der Waals surface area contributed by atoms with E-state index in [-0.39, 0.29) is 5.91 Å². The highest BCUT2D eigenvalue weighted by Crippen LogP contribution is 2.31. The summed E-state index contributed by atoms with van der Waals surface area (Å²) in [6.07, 6.45) is 1.95. The van der Waals surface area contributed by atoms with Crippen molar-refractivity contribution in [2.75, 3.05) is 18.0 Å². The molecular formula is C22H29N5O3. The first-order valence-electron chi connectivity index (χ1n) is 10.6. The molecule has 0 aliphatic carbocycles. The van der Waals surface area contributed by atoms with Crippen LogP contribution in [0.3, 0.4) is 0 Å². The molecule has 1 saturated heterocycles. The van der Waals surface area contributed by atoms with Crippen LogP contribution < -0.4 is 10.2 Å². The van der Waals surface area contributed by atoms with Gasteiger partial charge in [-0.1, -0.05) is 19.0 Å². The fourth-order valence-corrected chi connectivity index (χ4v) is 4.27. The van der Waals surface area contributed by atoms with Crippen molar-refractivity contribution < 1.29 is 13.7 Å². The van der Waals surface area contributed by atoms with Gasteiger partial charge < -0.3 is 19.2 Å². The third-order valence-corrected chi connectivity index (χ3v) is 5.53. The van der Waals surface area contributed by atoms with Crippen LogP contribution in [-0.4, -0.2) is 34.1 Å². The third-order valence-electron chi connectivity index (χ3n) is 5.53. The summed E-state index contributed by atoms with van der Waals surface area (Å²) in [5, 5.41) is 7.85. The molecule has 2 atom stereocenters. The first-order chi connectivity index (χ1) is 14.4. The lowest BCUT2D eigenvalue weighted by Gasteiger charge is -2.36. The number of rotatable bonds is 6. The predicted molar refractivity (Wildman–Crippen MR) is 113 cm³/mol. The molecule has 0 radical (unpaired) electrons. The smallest absolute Gasteiger partial charge is 0.263 e. The number of hydrogen-bond acceptors (Lipinski definition) is 7. The zero-order chi connectivity index (χ0) is 21.3. The van der Waals surface area contributed by atoms with Crippen LogP contribution in [0, 0.1) is 25.7 Å². The van der Waals surface area contributed by atoms with Crippen LogP contribution in [0.2, 0.25) is 0 Å². The maximum absolute atomic E-state index is 12.3. The fraction of sp³-hybridized carbons (Fsp3) is 0.545. The highest BCUT2D eigenvalue weighted by molar-refractivity contribution is 5.88. The molecule has 1 amide bonds. The largest absolute Gasteiger partial charge is 0.465 e. The molecule has 160 valence electrons. The molecule has 3 aromatic heterocycles. The summed E-state index contributed by atoms with van der Waals surface area (Å²) in [6, 6.07) is 3.75. The Kier molecular flexibility index (Phi) is 5.74. The van der Waals surface area contributed by atoms with Crippen LogP contribution in [0.25, 0.3) is 11.1 Å². The minimum Gasteiger partial charge on any atom is -0.465 e. The molecule has 0 unspecified atom stereocenters. The van der Waals surface area contributed by atoms with Crippen molar-refractivity contribution in [2.45, 2.75) is 53.5 Å². The lowest BCUT2D eigenvalue weighted by Crippen LogP contribution is -2.39. The van der Waals surface area contributed by atoms with Gasteiger partial charge in [-0.3, -0.25) is 4.79 Å². The SMILES string of the molecule is Cc1ccc(CNC(=O)CCc2nc(N3C[C@H](C)C[C@@H](C)C3)c3c(C)noc3n2)o1. The first kappa shape index (κ1) is 20.4. The number of nitrogens with zero attached hydrogens (tertiary/aromatic N) is 4. The van der Waals surface area contributed by atoms with Crippen molar-refractivity contribution >= 4 is 22.8 Å². The van der Waals surface area contributed by atoms with Gasteiger partial charge in [0.15, 0.2) is 0 Å². The number of nitrogens with one attached hydrogen (secondary N) is 1. The molecule has 3 aromatic rings. The number of piperidine rings is 1. The molecule has 4 heterocycles. The summed E-state index contributed by atoms with van der Waals surface area (Å²) in [5.41, 5.74) is 1.29. The molecule has 0 aromatic carbocycles. The van der Waals surface area contributed by atoms with Crippen molar-refractivity contribution in [3.63, 3.8) is 0 Å². The standard InChI is InChI=1S/C22H29N5O3/c1-13-9-14(2)12-27(11-13)21-20-16(4)26-30-22(20)25-18(24-21)7-8-19(28)23-10-17-6-5-15(3)29-17/h5-6,13-14H,7-12H2,1-4H3,(H,23,28)/t13-,14-/m1/s1. The number of furan rings is 1. The minimum atomic E-state index is -0.0664. The van der Waals surface area contributed by atoms with Gasteiger partial charge in [0.05, 0.1) is 12.2 Å². The van der Waals surface area contributed by atoms with Gasteiger partial charge in [-0.05, 0) is 44.2 Å². The quantitative estimate of drug-likeness (QED) is 0.662. The number of carbonyl (C=O) groups is 1. The van der Waals surface area contributed by atoms with E-state index in [1.54, 1.807) is 0 Å². The lowest BCUT2D eigenvalue weighted by atomic mass is 9.92. The molecule has 1 aliphatic heterocycles. The number of amides is 1. The van der Waals surface area contributed by atoms with Gasteiger partial charge in [0.25, 0.3) is 5.71 Å². The van der Waals surface area contributed by atoms with Gasteiger partial charge in [-0.25, -0.2) is 4.98 Å². The van der Waals surface area contributed by atoms with Crippen LogP contribution in [0.4, 0.5) is 5.82 Å². The van der Waals surface area contributed by atoms with Gasteiger partial charge >= 0.3 is 0 Å². The van der Waals surface area contributed by atoms with Crippen LogP contribution in [-0.2, 0) is 17.8 Å². The van der Waals surface area contributed by atoms with Gasteiger partial charge in [-0.15, -0.1) is 0 Å². The van der Waals surface area contributed by atoms with E-state index < -0.39 is 0 Å². The molecule has 1 aliphatic rings. The number of hydrogen-bond donors (Lipinski definition) is 1. The summed E-state index contributed by atoms with van der Waals surface area (Å²) >= 11 is 0. The fourth-order valence-electron chi connectivity index (χ4n) is 4.27. The summed E-state index contributed by atoms with van der Waals surface area (Å²) in [4.78, 5) is 24.0. The van der Waals surface area contributed by atoms with Crippen molar-refractivity contribution in [2.24, 2.45) is 11.8 Å². The third kappa shape index (κ3) is 4.47. The highest BCUT2D eigenvalue weighted by atomic mass is 16.5. The molecule has 0 saturated carbocycles. The molecule has 8 heteroatoms. The first-order valence-corrected chi connectivity index (χ1v) is 10.6. The van der Waals surface area contributed by atoms with Gasteiger partial charge in [0.1, 0.15) is 28.5 Å². The van der Waals surface area contributed by atoms with E-state index in [1.165, 1.54) is 6.42 Å². The van der Waals surface area contributed by atoms with E-state index in [9.17, 15) is 4.79 Å². The lowest BCUT2D eigenvalue weighted by molar-refractivity contribution is -0.121. The van der Waals surface area contributed by atoms with Crippen molar-refractivity contribution in [1.82, 2.24) is 20.4 Å². The second kappa shape index (κ2) is 8.45. The van der Waals surface area contributed by atoms with Crippen LogP contribution in [0.1, 0.15) is 49.7 Å². The summed E-state index contributed by atoms with van der Waals surface area (Å²) in [7, 11) is 0. The van der Waals surface area contributed by atoms with Crippen molar-refractivity contribution in [3.8, 4) is 0 Å². The summed E-state index contributed by atoms with van der Waals surface area (Å²) in [5.74, 6) is 4.17. The van der Waals surface area contributed by atoms with Gasteiger partial charge in [0, 0.05) is 25.9 Å². The maximum Gasteiger partial charge on any atom is 0.263 e. The second-order valence-electron chi connectivity index (χ2n) is 8.55. The van der Waals surface area contributed by atoms with Crippen molar-refractivity contribution in [3.05, 3.63) is 35.2 Å². The summed E-state index contributed by atoms with van der Waals surface area (Å²) in [6.45, 7) is 10.6. The van der Waals surface area contributed by atoms with Crippen LogP contribution >= 0.6 is 0 Å². The van der Waals surface area contributed by atoms with E-state index in [4.69, 9.17) is 13.9 Å². The van der Waals surface area contributed by atoms with E-state index in [0.717, 1.165) is 41.5 Å². The minimum absolute atomic E-state index is 0.0664. The Bertz CT molecular complexity index is 1030. The van der Waals surface area contributed by atoms with Crippen LogP contribution in [0.5, 0.6) is 0 Å². The Morgan fingerprint density at radius 2 is 1.97 bits per heavy atom. The molecule has 4 rings (SSSR count). The zero-order valence-electron chi connectivity index (χ0n) is 18.1. The number of carbonyl (C=O) groups excluding carboxylic acids is 1. The van der Waals surface area contributed by atoms with Gasteiger partial charge in [0.2, 0.25) is 5.91 Å². The molecular weight excluding hydrogens is 382 g/mol. The molecule has 1 fully saturated rings. The average Bonchev–Trinajstić information content (AvgIpc) is 3.29. The molecule has 0 bridgehead atoms. The van der Waals surface area contributed by atoms with Crippen molar-refractivity contribution in [1.29, 1.82) is 0 Å². The maximum atomic E-state index is 12.3. The Labute approximate surface area is 176 Å². The topological polar surface area (TPSA) is 97.3 Å².